The summed E-state index contributed by atoms with van der Waals surface area (Å²) in [7, 11) is 0. The number of fused-ring (bicyclic) bond motifs is 1. The average molecular weight is 451 g/mol. The number of carbonyl (C=O) groups excluding carboxylic acids is 3. The first-order valence-corrected chi connectivity index (χ1v) is 11.6. The fourth-order valence-electron chi connectivity index (χ4n) is 4.37. The number of carbonyl (C=O) groups is 3. The first-order chi connectivity index (χ1) is 15.3. The van der Waals surface area contributed by atoms with Gasteiger partial charge in [0.05, 0.1) is 5.56 Å². The van der Waals surface area contributed by atoms with Gasteiger partial charge in [-0.15, -0.1) is 11.3 Å². The Morgan fingerprint density at radius 1 is 1.34 bits per heavy atom. The SMILES string of the molecule is C[C@@H]1CCc2c(sc(NC(=O)CN3C(=O)N[C@@](C)(CCc4ccccc4)C3=O)c2C#N)C1. The summed E-state index contributed by atoms with van der Waals surface area (Å²) in [6.07, 6.45) is 3.83. The molecule has 166 valence electrons. The highest BCUT2D eigenvalue weighted by Crippen LogP contribution is 2.39. The zero-order chi connectivity index (χ0) is 22.9. The molecule has 4 amide bonds. The maximum atomic E-state index is 13.0. The highest BCUT2D eigenvalue weighted by atomic mass is 32.1. The molecule has 2 aromatic rings. The van der Waals surface area contributed by atoms with Gasteiger partial charge in [0, 0.05) is 4.88 Å². The van der Waals surface area contributed by atoms with Gasteiger partial charge in [-0.1, -0.05) is 37.3 Å². The third kappa shape index (κ3) is 4.26. The van der Waals surface area contributed by atoms with Crippen LogP contribution in [0.1, 0.15) is 48.3 Å². The van der Waals surface area contributed by atoms with Gasteiger partial charge in [-0.2, -0.15) is 5.26 Å². The molecule has 4 rings (SSSR count). The van der Waals surface area contributed by atoms with Crippen LogP contribution >= 0.6 is 11.3 Å². The first-order valence-electron chi connectivity index (χ1n) is 10.8. The van der Waals surface area contributed by atoms with E-state index in [1.807, 2.05) is 30.3 Å². The Balaban J connectivity index is 1.42. The molecule has 0 spiro atoms. The minimum absolute atomic E-state index is 0.380. The molecular weight excluding hydrogens is 424 g/mol. The topological polar surface area (TPSA) is 102 Å². The number of amides is 4. The standard InChI is InChI=1S/C24H26N4O3S/c1-15-8-9-17-18(13-25)21(32-19(17)12-15)26-20(29)14-28-22(30)24(2,27-23(28)31)11-10-16-6-4-3-5-7-16/h3-7,15H,8-12,14H2,1-2H3,(H,26,29)(H,27,31)/t15-,24+/m1/s1. The molecule has 1 saturated heterocycles. The number of aryl methyl sites for hydroxylation is 1. The van der Waals surface area contributed by atoms with Crippen molar-refractivity contribution in [2.24, 2.45) is 5.92 Å². The number of rotatable bonds is 6. The van der Waals surface area contributed by atoms with Crippen molar-refractivity contribution in [1.29, 1.82) is 5.26 Å². The minimum Gasteiger partial charge on any atom is -0.323 e. The predicted octanol–water partition coefficient (Wildman–Crippen LogP) is 3.63. The van der Waals surface area contributed by atoms with Gasteiger partial charge in [-0.3, -0.25) is 14.5 Å². The van der Waals surface area contributed by atoms with Gasteiger partial charge in [0.25, 0.3) is 5.91 Å². The van der Waals surface area contributed by atoms with E-state index < -0.39 is 23.4 Å². The molecule has 2 atom stereocenters. The molecule has 0 bridgehead atoms. The van der Waals surface area contributed by atoms with E-state index in [9.17, 15) is 19.6 Å². The summed E-state index contributed by atoms with van der Waals surface area (Å²) in [5, 5.41) is 15.6. The molecule has 2 heterocycles. The van der Waals surface area contributed by atoms with Crippen molar-refractivity contribution in [2.45, 2.75) is 51.5 Å². The molecule has 7 nitrogen and oxygen atoms in total. The van der Waals surface area contributed by atoms with Gasteiger partial charge in [-0.05, 0) is 56.1 Å². The van der Waals surface area contributed by atoms with Gasteiger partial charge >= 0.3 is 6.03 Å². The zero-order valence-corrected chi connectivity index (χ0v) is 19.1. The number of hydrogen-bond donors (Lipinski definition) is 2. The highest BCUT2D eigenvalue weighted by Gasteiger charge is 2.47. The Hall–Kier alpha value is -3.18. The Labute approximate surface area is 191 Å². The Morgan fingerprint density at radius 2 is 2.09 bits per heavy atom. The highest BCUT2D eigenvalue weighted by molar-refractivity contribution is 7.16. The lowest BCUT2D eigenvalue weighted by Crippen LogP contribution is -2.45. The molecule has 0 unspecified atom stereocenters. The summed E-state index contributed by atoms with van der Waals surface area (Å²) < 4.78 is 0. The Morgan fingerprint density at radius 3 is 2.81 bits per heavy atom. The van der Waals surface area contributed by atoms with Crippen LogP contribution in [0, 0.1) is 17.2 Å². The summed E-state index contributed by atoms with van der Waals surface area (Å²) in [6, 6.07) is 11.4. The number of nitrogens with zero attached hydrogens (tertiary/aromatic N) is 2. The van der Waals surface area contributed by atoms with Crippen molar-refractivity contribution in [2.75, 3.05) is 11.9 Å². The van der Waals surface area contributed by atoms with Crippen LogP contribution in [-0.2, 0) is 28.9 Å². The number of nitrogens with one attached hydrogen (secondary N) is 2. The van der Waals surface area contributed by atoms with Crippen LogP contribution in [0.5, 0.6) is 0 Å². The second-order valence-corrected chi connectivity index (χ2v) is 9.96. The maximum Gasteiger partial charge on any atom is 0.325 e. The van der Waals surface area contributed by atoms with Crippen LogP contribution in [0.25, 0.3) is 0 Å². The molecule has 1 aliphatic carbocycles. The number of anilines is 1. The van der Waals surface area contributed by atoms with Crippen molar-refractivity contribution < 1.29 is 14.4 Å². The molecule has 1 aliphatic heterocycles. The normalized spacial score (nSPS) is 22.3. The second kappa shape index (κ2) is 8.75. The van der Waals surface area contributed by atoms with E-state index in [1.165, 1.54) is 11.3 Å². The van der Waals surface area contributed by atoms with Crippen molar-refractivity contribution >= 4 is 34.2 Å². The van der Waals surface area contributed by atoms with Crippen molar-refractivity contribution in [1.82, 2.24) is 10.2 Å². The number of nitriles is 1. The fraction of sp³-hybridized carbons (Fsp3) is 0.417. The number of thiophene rings is 1. The number of urea groups is 1. The Kier molecular flexibility index (Phi) is 6.02. The first kappa shape index (κ1) is 22.0. The molecule has 2 aliphatic rings. The fourth-order valence-corrected chi connectivity index (χ4v) is 5.74. The van der Waals surface area contributed by atoms with Gasteiger partial charge in [0.1, 0.15) is 23.2 Å². The summed E-state index contributed by atoms with van der Waals surface area (Å²) in [6.45, 7) is 3.49. The molecular formula is C24H26N4O3S. The van der Waals surface area contributed by atoms with Crippen LogP contribution < -0.4 is 10.6 Å². The number of benzene rings is 1. The average Bonchev–Trinajstić information content (AvgIpc) is 3.21. The quantitative estimate of drug-likeness (QED) is 0.656. The van der Waals surface area contributed by atoms with E-state index in [0.717, 1.165) is 40.2 Å². The summed E-state index contributed by atoms with van der Waals surface area (Å²) in [5.41, 5.74) is 1.56. The number of hydrogen-bond acceptors (Lipinski definition) is 5. The van der Waals surface area contributed by atoms with E-state index in [-0.39, 0.29) is 6.54 Å². The van der Waals surface area contributed by atoms with E-state index in [2.05, 4.69) is 23.6 Å². The van der Waals surface area contributed by atoms with Crippen molar-refractivity contribution in [3.05, 3.63) is 51.9 Å². The maximum absolute atomic E-state index is 13.0. The van der Waals surface area contributed by atoms with E-state index in [4.69, 9.17) is 0 Å². The zero-order valence-electron chi connectivity index (χ0n) is 18.2. The molecule has 32 heavy (non-hydrogen) atoms. The van der Waals surface area contributed by atoms with Gasteiger partial charge in [0.2, 0.25) is 5.91 Å². The monoisotopic (exact) mass is 450 g/mol. The van der Waals surface area contributed by atoms with E-state index in [1.54, 1.807) is 6.92 Å². The largest absolute Gasteiger partial charge is 0.325 e. The number of imide groups is 1. The second-order valence-electron chi connectivity index (χ2n) is 8.86. The minimum atomic E-state index is -1.05. The molecule has 0 saturated carbocycles. The van der Waals surface area contributed by atoms with E-state index in [0.29, 0.717) is 29.3 Å². The van der Waals surface area contributed by atoms with Gasteiger partial charge < -0.3 is 10.6 Å². The summed E-state index contributed by atoms with van der Waals surface area (Å²) in [4.78, 5) is 40.3. The molecule has 1 aromatic carbocycles. The third-order valence-corrected chi connectivity index (χ3v) is 7.45. The molecule has 1 fully saturated rings. The van der Waals surface area contributed by atoms with Crippen LogP contribution in [0.4, 0.5) is 9.80 Å². The van der Waals surface area contributed by atoms with Crippen LogP contribution in [0.2, 0.25) is 0 Å². The molecule has 2 N–H and O–H groups in total. The van der Waals surface area contributed by atoms with Gasteiger partial charge in [-0.25, -0.2) is 4.79 Å². The van der Waals surface area contributed by atoms with E-state index >= 15 is 0 Å². The summed E-state index contributed by atoms with van der Waals surface area (Å²) in [5.74, 6) is -0.340. The Bertz CT molecular complexity index is 1100. The molecule has 1 aromatic heterocycles. The van der Waals surface area contributed by atoms with Crippen molar-refractivity contribution in [3.63, 3.8) is 0 Å². The predicted molar refractivity (Wildman–Crippen MR) is 122 cm³/mol. The molecule has 0 radical (unpaired) electrons. The smallest absolute Gasteiger partial charge is 0.323 e. The van der Waals surface area contributed by atoms with Crippen molar-refractivity contribution in [3.8, 4) is 6.07 Å². The third-order valence-electron chi connectivity index (χ3n) is 6.28. The lowest BCUT2D eigenvalue weighted by Gasteiger charge is -2.21. The lowest BCUT2D eigenvalue weighted by atomic mass is 9.89. The lowest BCUT2D eigenvalue weighted by molar-refractivity contribution is -0.133. The molecule has 8 heteroatoms. The summed E-state index contributed by atoms with van der Waals surface area (Å²) >= 11 is 1.43. The van der Waals surface area contributed by atoms with Gasteiger partial charge in [0.15, 0.2) is 0 Å². The van der Waals surface area contributed by atoms with Crippen LogP contribution in [0.3, 0.4) is 0 Å². The van der Waals surface area contributed by atoms with Crippen LogP contribution in [-0.4, -0.2) is 34.8 Å². The van der Waals surface area contributed by atoms with Crippen LogP contribution in [0.15, 0.2) is 30.3 Å².